The molecule has 0 radical (unpaired) electrons. The zero-order valence-corrected chi connectivity index (χ0v) is 15.8. The van der Waals surface area contributed by atoms with Crippen molar-refractivity contribution in [1.82, 2.24) is 10.2 Å². The number of carbonyl (C=O) groups excluding carboxylic acids is 1. The van der Waals surface area contributed by atoms with Crippen molar-refractivity contribution >= 4 is 17.3 Å². The number of rotatable bonds is 6. The molecule has 1 aliphatic carbocycles. The quantitative estimate of drug-likeness (QED) is 0.623. The topological polar surface area (TPSA) is 78.7 Å². The number of nitrogens with zero attached hydrogens (tertiary/aromatic N) is 3. The van der Waals surface area contributed by atoms with Crippen LogP contribution in [0.4, 0.5) is 11.4 Å². The highest BCUT2D eigenvalue weighted by Crippen LogP contribution is 2.32. The molecule has 0 bridgehead atoms. The molecule has 0 spiro atoms. The number of hydrogen-bond acceptors (Lipinski definition) is 5. The van der Waals surface area contributed by atoms with Crippen molar-refractivity contribution in [3.8, 4) is 0 Å². The van der Waals surface area contributed by atoms with Gasteiger partial charge in [-0.05, 0) is 51.7 Å². The van der Waals surface area contributed by atoms with Crippen molar-refractivity contribution in [2.75, 3.05) is 25.0 Å². The highest BCUT2D eigenvalue weighted by molar-refractivity contribution is 5.96. The maximum atomic E-state index is 12.2. The van der Waals surface area contributed by atoms with Crippen molar-refractivity contribution in [3.63, 3.8) is 0 Å². The Morgan fingerprint density at radius 3 is 2.46 bits per heavy atom. The van der Waals surface area contributed by atoms with Crippen molar-refractivity contribution in [2.45, 2.75) is 57.7 Å². The second-order valence-corrected chi connectivity index (χ2v) is 7.68. The fraction of sp³-hybridized carbons (Fsp3) is 0.632. The summed E-state index contributed by atoms with van der Waals surface area (Å²) in [5.74, 6) is -0.227. The number of hydrogen-bond donors (Lipinski definition) is 1. The molecular weight excluding hydrogens is 332 g/mol. The highest BCUT2D eigenvalue weighted by atomic mass is 16.6. The fourth-order valence-corrected chi connectivity index (χ4v) is 3.59. The van der Waals surface area contributed by atoms with Gasteiger partial charge in [-0.15, -0.1) is 0 Å². The number of amides is 1. The Morgan fingerprint density at radius 2 is 1.92 bits per heavy atom. The lowest BCUT2D eigenvalue weighted by Gasteiger charge is -2.39. The van der Waals surface area contributed by atoms with Crippen LogP contribution in [0.25, 0.3) is 0 Å². The lowest BCUT2D eigenvalue weighted by molar-refractivity contribution is -0.384. The molecule has 2 aliphatic rings. The van der Waals surface area contributed by atoms with Gasteiger partial charge in [0.25, 0.3) is 11.6 Å². The number of benzene rings is 1. The molecule has 1 aliphatic heterocycles. The van der Waals surface area contributed by atoms with Crippen LogP contribution in [0.15, 0.2) is 18.2 Å². The molecule has 2 fully saturated rings. The minimum Gasteiger partial charge on any atom is -0.366 e. The zero-order chi connectivity index (χ0) is 18.8. The molecule has 142 valence electrons. The van der Waals surface area contributed by atoms with E-state index in [1.54, 1.807) is 12.1 Å². The zero-order valence-electron chi connectivity index (χ0n) is 15.8. The molecule has 1 saturated heterocycles. The van der Waals surface area contributed by atoms with Gasteiger partial charge in [0.2, 0.25) is 0 Å². The fourth-order valence-electron chi connectivity index (χ4n) is 3.59. The van der Waals surface area contributed by atoms with E-state index in [0.717, 1.165) is 38.8 Å². The summed E-state index contributed by atoms with van der Waals surface area (Å²) in [6.45, 7) is 6.39. The number of carbonyl (C=O) groups is 1. The molecule has 1 saturated carbocycles. The molecule has 1 N–H and O–H groups in total. The van der Waals surface area contributed by atoms with Gasteiger partial charge in [-0.25, -0.2) is 0 Å². The second-order valence-electron chi connectivity index (χ2n) is 7.68. The van der Waals surface area contributed by atoms with Crippen LogP contribution in [-0.2, 0) is 0 Å². The SMILES string of the molecule is CC(C)N1CCC(N(C)c2ccc(C(=O)NC3CC3)cc2[N+](=O)[O-])CC1. The van der Waals surface area contributed by atoms with Crippen LogP contribution in [0, 0.1) is 10.1 Å². The molecule has 3 rings (SSSR count). The first-order valence-electron chi connectivity index (χ1n) is 9.43. The van der Waals surface area contributed by atoms with Gasteiger partial charge in [-0.3, -0.25) is 14.9 Å². The van der Waals surface area contributed by atoms with E-state index in [9.17, 15) is 14.9 Å². The maximum absolute atomic E-state index is 12.2. The number of nitro benzene ring substituents is 1. The predicted molar refractivity (Wildman–Crippen MR) is 102 cm³/mol. The summed E-state index contributed by atoms with van der Waals surface area (Å²) in [6, 6.07) is 5.85. The summed E-state index contributed by atoms with van der Waals surface area (Å²) < 4.78 is 0. The van der Waals surface area contributed by atoms with E-state index in [2.05, 4.69) is 24.1 Å². The van der Waals surface area contributed by atoms with Gasteiger partial charge < -0.3 is 15.1 Å². The third-order valence-electron chi connectivity index (χ3n) is 5.50. The Morgan fingerprint density at radius 1 is 1.27 bits per heavy atom. The van der Waals surface area contributed by atoms with Gasteiger partial charge in [0.05, 0.1) is 4.92 Å². The Hall–Kier alpha value is -2.15. The summed E-state index contributed by atoms with van der Waals surface area (Å²) in [5.41, 5.74) is 0.943. The van der Waals surface area contributed by atoms with Crippen LogP contribution in [0.1, 0.15) is 49.9 Å². The third kappa shape index (κ3) is 4.15. The predicted octanol–water partition coefficient (Wildman–Crippen LogP) is 2.80. The lowest BCUT2D eigenvalue weighted by Crippen LogP contribution is -2.45. The van der Waals surface area contributed by atoms with Crippen LogP contribution in [0.3, 0.4) is 0 Å². The molecule has 26 heavy (non-hydrogen) atoms. The van der Waals surface area contributed by atoms with E-state index in [0.29, 0.717) is 17.3 Å². The molecule has 0 atom stereocenters. The summed E-state index contributed by atoms with van der Waals surface area (Å²) in [4.78, 5) is 27.9. The van der Waals surface area contributed by atoms with Gasteiger partial charge >= 0.3 is 0 Å². The molecule has 1 aromatic carbocycles. The minimum atomic E-state index is -0.386. The molecule has 1 amide bonds. The Balaban J connectivity index is 1.75. The van der Waals surface area contributed by atoms with Crippen molar-refractivity contribution in [1.29, 1.82) is 0 Å². The summed E-state index contributed by atoms with van der Waals surface area (Å²) in [7, 11) is 1.92. The monoisotopic (exact) mass is 360 g/mol. The molecule has 7 nitrogen and oxygen atoms in total. The van der Waals surface area contributed by atoms with E-state index in [1.807, 2.05) is 11.9 Å². The third-order valence-corrected chi connectivity index (χ3v) is 5.50. The molecule has 0 aromatic heterocycles. The minimum absolute atomic E-state index is 0.00207. The van der Waals surface area contributed by atoms with E-state index in [-0.39, 0.29) is 28.6 Å². The molecule has 1 heterocycles. The number of anilines is 1. The van der Waals surface area contributed by atoms with Gasteiger partial charge in [-0.1, -0.05) is 0 Å². The molecule has 1 aromatic rings. The summed E-state index contributed by atoms with van der Waals surface area (Å²) in [5, 5.41) is 14.5. The lowest BCUT2D eigenvalue weighted by atomic mass is 10.0. The first-order chi connectivity index (χ1) is 12.4. The maximum Gasteiger partial charge on any atom is 0.293 e. The summed E-state index contributed by atoms with van der Waals surface area (Å²) >= 11 is 0. The smallest absolute Gasteiger partial charge is 0.293 e. The standard InChI is InChI=1S/C19H28N4O3/c1-13(2)22-10-8-16(9-11-22)21(3)17-7-4-14(12-18(17)23(25)26)19(24)20-15-5-6-15/h4,7,12-13,15-16H,5-6,8-11H2,1-3H3,(H,20,24). The second kappa shape index (κ2) is 7.61. The number of piperidine rings is 1. The van der Waals surface area contributed by atoms with Crippen molar-refractivity contribution in [3.05, 3.63) is 33.9 Å². The molecule has 0 unspecified atom stereocenters. The van der Waals surface area contributed by atoms with Crippen molar-refractivity contribution < 1.29 is 9.72 Å². The number of nitro groups is 1. The van der Waals surface area contributed by atoms with E-state index >= 15 is 0 Å². The van der Waals surface area contributed by atoms with Crippen molar-refractivity contribution in [2.24, 2.45) is 0 Å². The average Bonchev–Trinajstić information content (AvgIpc) is 3.44. The Kier molecular flexibility index (Phi) is 5.46. The van der Waals surface area contributed by atoms with Crippen LogP contribution in [0.2, 0.25) is 0 Å². The van der Waals surface area contributed by atoms with Gasteiger partial charge in [0, 0.05) is 49.9 Å². The summed E-state index contributed by atoms with van der Waals surface area (Å²) in [6.07, 6.45) is 3.94. The van der Waals surface area contributed by atoms with Crippen LogP contribution < -0.4 is 10.2 Å². The van der Waals surface area contributed by atoms with Crippen LogP contribution >= 0.6 is 0 Å². The molecule has 7 heteroatoms. The number of likely N-dealkylation sites (tertiary alicyclic amines) is 1. The van der Waals surface area contributed by atoms with E-state index in [4.69, 9.17) is 0 Å². The van der Waals surface area contributed by atoms with Crippen LogP contribution in [-0.4, -0.2) is 54.0 Å². The first-order valence-corrected chi connectivity index (χ1v) is 9.43. The van der Waals surface area contributed by atoms with Crippen LogP contribution in [0.5, 0.6) is 0 Å². The highest BCUT2D eigenvalue weighted by Gasteiger charge is 2.29. The van der Waals surface area contributed by atoms with E-state index in [1.165, 1.54) is 6.07 Å². The van der Waals surface area contributed by atoms with E-state index < -0.39 is 0 Å². The molecular formula is C19H28N4O3. The average molecular weight is 360 g/mol. The first kappa shape index (κ1) is 18.6. The van der Waals surface area contributed by atoms with Gasteiger partial charge in [0.15, 0.2) is 0 Å². The van der Waals surface area contributed by atoms with Gasteiger partial charge in [0.1, 0.15) is 5.69 Å². The van der Waals surface area contributed by atoms with Gasteiger partial charge in [-0.2, -0.15) is 0 Å². The number of nitrogens with one attached hydrogen (secondary N) is 1. The largest absolute Gasteiger partial charge is 0.366 e. The normalized spacial score (nSPS) is 18.8. The Labute approximate surface area is 154 Å². The Bertz CT molecular complexity index is 679.